The van der Waals surface area contributed by atoms with E-state index in [9.17, 15) is 30.0 Å². The molecule has 2 aromatic rings. The minimum Gasteiger partial charge on any atom is -0.465 e. The molecule has 1 aliphatic rings. The Kier molecular flexibility index (Phi) is 5.68. The van der Waals surface area contributed by atoms with Gasteiger partial charge in [-0.3, -0.25) is 0 Å². The fraction of sp³-hybridized carbons (Fsp3) is 0.444. The first-order chi connectivity index (χ1) is 13.3. The Hall–Kier alpha value is -2.50. The molecule has 0 radical (unpaired) electrons. The van der Waals surface area contributed by atoms with Gasteiger partial charge in [-0.15, -0.1) is 0 Å². The maximum absolute atomic E-state index is 12.3. The van der Waals surface area contributed by atoms with Gasteiger partial charge in [-0.1, -0.05) is 0 Å². The highest BCUT2D eigenvalue weighted by Crippen LogP contribution is 2.32. The van der Waals surface area contributed by atoms with Crippen molar-refractivity contribution in [3.05, 3.63) is 39.7 Å². The first-order valence-electron chi connectivity index (χ1n) is 8.41. The average Bonchev–Trinajstić information content (AvgIpc) is 2.67. The number of carbonyl (C=O) groups is 1. The fourth-order valence-electron chi connectivity index (χ4n) is 3.05. The van der Waals surface area contributed by atoms with Gasteiger partial charge in [-0.2, -0.15) is 0 Å². The number of hydrogen-bond acceptors (Lipinski definition) is 10. The van der Waals surface area contributed by atoms with E-state index < -0.39 is 48.9 Å². The summed E-state index contributed by atoms with van der Waals surface area (Å²) in [4.78, 5) is 24.1. The number of esters is 1. The minimum absolute atomic E-state index is 0.0704. The predicted octanol–water partition coefficient (Wildman–Crippen LogP) is -0.933. The highest BCUT2D eigenvalue weighted by atomic mass is 16.7. The number of methoxy groups -OCH3 is 1. The lowest BCUT2D eigenvalue weighted by Crippen LogP contribution is -2.60. The summed E-state index contributed by atoms with van der Waals surface area (Å²) in [6, 6.07) is 4.20. The van der Waals surface area contributed by atoms with Crippen molar-refractivity contribution in [3.63, 3.8) is 0 Å². The van der Waals surface area contributed by atoms with Crippen molar-refractivity contribution in [2.45, 2.75) is 37.6 Å². The van der Waals surface area contributed by atoms with E-state index in [4.69, 9.17) is 18.6 Å². The number of fused-ring (bicyclic) bond motifs is 1. The van der Waals surface area contributed by atoms with Gasteiger partial charge in [0, 0.05) is 11.5 Å². The number of rotatable bonds is 4. The molecule has 10 heteroatoms. The van der Waals surface area contributed by atoms with Crippen LogP contribution in [0.2, 0.25) is 0 Å². The number of aryl methyl sites for hydroxylation is 1. The first-order valence-corrected chi connectivity index (χ1v) is 8.41. The summed E-state index contributed by atoms with van der Waals surface area (Å²) >= 11 is 0. The quantitative estimate of drug-likeness (QED) is 0.376. The monoisotopic (exact) mass is 396 g/mol. The van der Waals surface area contributed by atoms with Crippen LogP contribution in [0, 0.1) is 6.92 Å². The van der Waals surface area contributed by atoms with Crippen molar-refractivity contribution in [1.29, 1.82) is 0 Å². The molecule has 0 aliphatic carbocycles. The van der Waals surface area contributed by atoms with E-state index in [1.165, 1.54) is 12.1 Å². The molecule has 4 N–H and O–H groups in total. The number of ether oxygens (including phenoxy) is 3. The highest BCUT2D eigenvalue weighted by Gasteiger charge is 2.45. The van der Waals surface area contributed by atoms with Gasteiger partial charge >= 0.3 is 11.6 Å². The molecule has 5 atom stereocenters. The molecule has 1 aromatic heterocycles. The number of carbonyl (C=O) groups excluding carboxylic acids is 1. The summed E-state index contributed by atoms with van der Waals surface area (Å²) in [6.45, 7) is 1.03. The van der Waals surface area contributed by atoms with Crippen LogP contribution in [0.25, 0.3) is 11.0 Å². The molecular weight excluding hydrogens is 376 g/mol. The average molecular weight is 396 g/mol. The van der Waals surface area contributed by atoms with E-state index in [1.54, 1.807) is 13.0 Å². The molecule has 3 rings (SSSR count). The molecular formula is C18H20O10. The molecule has 28 heavy (non-hydrogen) atoms. The molecule has 1 saturated heterocycles. The Balaban J connectivity index is 2.08. The Morgan fingerprint density at radius 2 is 1.89 bits per heavy atom. The van der Waals surface area contributed by atoms with E-state index in [0.717, 1.165) is 7.11 Å². The first kappa shape index (κ1) is 20.2. The highest BCUT2D eigenvalue weighted by molar-refractivity contribution is 6.05. The van der Waals surface area contributed by atoms with Crippen molar-refractivity contribution in [3.8, 4) is 5.75 Å². The summed E-state index contributed by atoms with van der Waals surface area (Å²) in [6.07, 6.45) is -7.60. The number of aliphatic hydroxyl groups is 4. The zero-order valence-corrected chi connectivity index (χ0v) is 15.1. The third-order valence-electron chi connectivity index (χ3n) is 4.56. The van der Waals surface area contributed by atoms with Crippen molar-refractivity contribution < 1.29 is 43.8 Å². The van der Waals surface area contributed by atoms with Crippen molar-refractivity contribution >= 4 is 16.9 Å². The molecule has 1 aliphatic heterocycles. The van der Waals surface area contributed by atoms with Crippen LogP contribution in [0.3, 0.4) is 0 Å². The van der Waals surface area contributed by atoms with Crippen LogP contribution < -0.4 is 10.4 Å². The summed E-state index contributed by atoms with van der Waals surface area (Å²) in [5.41, 5.74) is -0.396. The van der Waals surface area contributed by atoms with Gasteiger partial charge in [-0.05, 0) is 24.6 Å². The number of benzene rings is 1. The van der Waals surface area contributed by atoms with Crippen LogP contribution >= 0.6 is 0 Å². The summed E-state index contributed by atoms with van der Waals surface area (Å²) < 4.78 is 20.7. The Morgan fingerprint density at radius 1 is 1.18 bits per heavy atom. The molecule has 0 saturated carbocycles. The SMILES string of the molecule is COC(=O)c1c(O[C@@H]2O[C@H](CO)[C@H](O)[C@H](O)[C@H]2O)ccc2c(C)cc(=O)oc12. The van der Waals surface area contributed by atoms with Crippen LogP contribution in [0.15, 0.2) is 27.4 Å². The maximum atomic E-state index is 12.3. The van der Waals surface area contributed by atoms with E-state index in [0.29, 0.717) is 10.9 Å². The van der Waals surface area contributed by atoms with Crippen LogP contribution in [0.1, 0.15) is 15.9 Å². The zero-order valence-electron chi connectivity index (χ0n) is 15.1. The van der Waals surface area contributed by atoms with Crippen LogP contribution in [0.4, 0.5) is 0 Å². The third kappa shape index (κ3) is 3.48. The lowest BCUT2D eigenvalue weighted by molar-refractivity contribution is -0.277. The van der Waals surface area contributed by atoms with E-state index >= 15 is 0 Å². The molecule has 1 fully saturated rings. The Labute approximate surface area is 158 Å². The predicted molar refractivity (Wildman–Crippen MR) is 93.0 cm³/mol. The molecule has 10 nitrogen and oxygen atoms in total. The van der Waals surface area contributed by atoms with Crippen molar-refractivity contribution in [2.75, 3.05) is 13.7 Å². The number of hydrogen-bond donors (Lipinski definition) is 4. The van der Waals surface area contributed by atoms with Crippen LogP contribution in [-0.2, 0) is 9.47 Å². The fourth-order valence-corrected chi connectivity index (χ4v) is 3.05. The van der Waals surface area contributed by atoms with Gasteiger partial charge in [-0.25, -0.2) is 9.59 Å². The second kappa shape index (κ2) is 7.86. The summed E-state index contributed by atoms with van der Waals surface area (Å²) in [7, 11) is 1.13. The molecule has 2 heterocycles. The standard InChI is InChI=1S/C18H20O10/c1-7-5-11(20)28-16-8(7)3-4-9(12(16)17(24)25-2)26-18-15(23)14(22)13(21)10(6-19)27-18/h3-5,10,13-15,18-19,21-23H,6H2,1-2H3/t10-,13+,14+,15-,18-/m1/s1. The lowest BCUT2D eigenvalue weighted by Gasteiger charge is -2.39. The van der Waals surface area contributed by atoms with Gasteiger partial charge in [0.25, 0.3) is 0 Å². The third-order valence-corrected chi connectivity index (χ3v) is 4.56. The molecule has 0 bridgehead atoms. The Bertz CT molecular complexity index is 934. The van der Waals surface area contributed by atoms with Crippen molar-refractivity contribution in [2.24, 2.45) is 0 Å². The molecule has 0 spiro atoms. The van der Waals surface area contributed by atoms with E-state index in [2.05, 4.69) is 0 Å². The summed E-state index contributed by atoms with van der Waals surface area (Å²) in [5.74, 6) is -1.00. The smallest absolute Gasteiger partial charge is 0.345 e. The van der Waals surface area contributed by atoms with Gasteiger partial charge in [0.2, 0.25) is 6.29 Å². The number of aliphatic hydroxyl groups excluding tert-OH is 4. The maximum Gasteiger partial charge on any atom is 0.345 e. The van der Waals surface area contributed by atoms with E-state index in [-0.39, 0.29) is 16.9 Å². The largest absolute Gasteiger partial charge is 0.465 e. The van der Waals surface area contributed by atoms with Gasteiger partial charge in [0.05, 0.1) is 13.7 Å². The summed E-state index contributed by atoms with van der Waals surface area (Å²) in [5, 5.41) is 39.6. The normalized spacial score (nSPS) is 27.6. The molecule has 1 aromatic carbocycles. The van der Waals surface area contributed by atoms with Crippen molar-refractivity contribution in [1.82, 2.24) is 0 Å². The zero-order chi connectivity index (χ0) is 20.6. The second-order valence-electron chi connectivity index (χ2n) is 6.37. The molecule has 152 valence electrons. The van der Waals surface area contributed by atoms with Crippen LogP contribution in [0.5, 0.6) is 5.75 Å². The second-order valence-corrected chi connectivity index (χ2v) is 6.37. The van der Waals surface area contributed by atoms with E-state index in [1.807, 2.05) is 0 Å². The minimum atomic E-state index is -1.68. The van der Waals surface area contributed by atoms with Gasteiger partial charge in [0.1, 0.15) is 35.7 Å². The topological polar surface area (TPSA) is 156 Å². The molecule has 0 unspecified atom stereocenters. The van der Waals surface area contributed by atoms with Crippen LogP contribution in [-0.4, -0.2) is 70.8 Å². The van der Waals surface area contributed by atoms with Gasteiger partial charge in [0.15, 0.2) is 5.58 Å². The lowest BCUT2D eigenvalue weighted by atomic mass is 9.99. The van der Waals surface area contributed by atoms with Gasteiger partial charge < -0.3 is 39.1 Å². The Morgan fingerprint density at radius 3 is 2.54 bits per heavy atom. The molecule has 0 amide bonds.